The zero-order chi connectivity index (χ0) is 18.1. The third-order valence-electron chi connectivity index (χ3n) is 3.41. The van der Waals surface area contributed by atoms with E-state index in [1.807, 2.05) is 0 Å². The minimum atomic E-state index is -4.51. The molecule has 0 radical (unpaired) electrons. The molecule has 1 heterocycles. The molecular weight excluding hydrogens is 348 g/mol. The van der Waals surface area contributed by atoms with Crippen LogP contribution in [0.5, 0.6) is 0 Å². The van der Waals surface area contributed by atoms with Gasteiger partial charge in [0.1, 0.15) is 4.90 Å². The summed E-state index contributed by atoms with van der Waals surface area (Å²) in [5.74, 6) is -7.85. The Bertz CT molecular complexity index is 856. The molecule has 9 heteroatoms. The average molecular weight is 362 g/mol. The molecule has 2 aromatic rings. The molecule has 0 bridgehead atoms. The molecule has 0 N–H and O–H groups in total. The van der Waals surface area contributed by atoms with Gasteiger partial charge in [0.2, 0.25) is 10.0 Å². The molecule has 1 aromatic heterocycles. The van der Waals surface area contributed by atoms with Crippen molar-refractivity contribution >= 4 is 10.0 Å². The van der Waals surface area contributed by atoms with E-state index in [0.29, 0.717) is 10.00 Å². The topological polar surface area (TPSA) is 50.3 Å². The summed E-state index contributed by atoms with van der Waals surface area (Å²) in [7, 11) is -2.35. The molecule has 24 heavy (non-hydrogen) atoms. The van der Waals surface area contributed by atoms with Crippen molar-refractivity contribution in [1.82, 2.24) is 9.29 Å². The first-order valence-electron chi connectivity index (χ1n) is 6.85. The molecule has 0 amide bonds. The third kappa shape index (κ3) is 3.27. The molecule has 0 atom stereocenters. The molecule has 0 unspecified atom stereocenters. The number of sulfonamides is 1. The van der Waals surface area contributed by atoms with Crippen molar-refractivity contribution in [3.05, 3.63) is 58.9 Å². The van der Waals surface area contributed by atoms with E-state index in [-0.39, 0.29) is 12.8 Å². The van der Waals surface area contributed by atoms with E-state index >= 15 is 0 Å². The fourth-order valence-electron chi connectivity index (χ4n) is 2.13. The lowest BCUT2D eigenvalue weighted by Crippen LogP contribution is -2.26. The van der Waals surface area contributed by atoms with E-state index in [1.54, 1.807) is 18.2 Å². The zero-order valence-electron chi connectivity index (χ0n) is 12.9. The summed E-state index contributed by atoms with van der Waals surface area (Å²) in [6.45, 7) is 0. The number of benzene rings is 1. The van der Waals surface area contributed by atoms with Crippen molar-refractivity contribution in [2.75, 3.05) is 14.1 Å². The third-order valence-corrected chi connectivity index (χ3v) is 5.32. The van der Waals surface area contributed by atoms with Gasteiger partial charge in [-0.3, -0.25) is 4.98 Å². The quantitative estimate of drug-likeness (QED) is 0.467. The molecule has 2 rings (SSSR count). The van der Waals surface area contributed by atoms with Crippen LogP contribution in [-0.4, -0.2) is 31.8 Å². The summed E-state index contributed by atoms with van der Waals surface area (Å²) < 4.78 is 80.3. The lowest BCUT2D eigenvalue weighted by atomic mass is 10.1. The van der Waals surface area contributed by atoms with Crippen molar-refractivity contribution in [3.63, 3.8) is 0 Å². The Kier molecular flexibility index (Phi) is 5.24. The van der Waals surface area contributed by atoms with Gasteiger partial charge >= 0.3 is 0 Å². The number of halogens is 4. The number of aromatic nitrogens is 1. The first-order chi connectivity index (χ1) is 11.2. The lowest BCUT2D eigenvalue weighted by molar-refractivity contribution is 0.386. The SMILES string of the molecule is CN(C)S(=O)(=O)c1c(F)c(F)c(F)c(F)c1CCc1ccccn1. The van der Waals surface area contributed by atoms with Gasteiger partial charge in [-0.2, -0.15) is 0 Å². The summed E-state index contributed by atoms with van der Waals surface area (Å²) in [6, 6.07) is 4.89. The Hall–Kier alpha value is -2.00. The normalized spacial score (nSPS) is 12.0. The van der Waals surface area contributed by atoms with Crippen LogP contribution in [0, 0.1) is 23.3 Å². The summed E-state index contributed by atoms with van der Waals surface area (Å²) in [6.07, 6.45) is 1.13. The molecule has 0 aliphatic carbocycles. The Morgan fingerprint density at radius 2 is 1.58 bits per heavy atom. The van der Waals surface area contributed by atoms with Gasteiger partial charge in [-0.25, -0.2) is 30.3 Å². The number of hydrogen-bond acceptors (Lipinski definition) is 3. The predicted molar refractivity (Wildman–Crippen MR) is 78.8 cm³/mol. The Morgan fingerprint density at radius 3 is 2.12 bits per heavy atom. The maximum Gasteiger partial charge on any atom is 0.245 e. The maximum absolute atomic E-state index is 14.1. The Balaban J connectivity index is 2.61. The zero-order valence-corrected chi connectivity index (χ0v) is 13.7. The molecule has 0 aliphatic rings. The first kappa shape index (κ1) is 18.3. The highest BCUT2D eigenvalue weighted by atomic mass is 32.2. The summed E-state index contributed by atoms with van der Waals surface area (Å²) >= 11 is 0. The van der Waals surface area contributed by atoms with E-state index in [4.69, 9.17) is 0 Å². The number of hydrogen-bond donors (Lipinski definition) is 0. The second-order valence-corrected chi connectivity index (χ2v) is 7.26. The van der Waals surface area contributed by atoms with Gasteiger partial charge in [-0.1, -0.05) is 6.07 Å². The van der Waals surface area contributed by atoms with Crippen molar-refractivity contribution in [2.45, 2.75) is 17.7 Å². The van der Waals surface area contributed by atoms with Crippen molar-refractivity contribution in [3.8, 4) is 0 Å². The van der Waals surface area contributed by atoms with Crippen LogP contribution < -0.4 is 0 Å². The molecule has 4 nitrogen and oxygen atoms in total. The van der Waals surface area contributed by atoms with E-state index in [9.17, 15) is 26.0 Å². The molecule has 0 aliphatic heterocycles. The highest BCUT2D eigenvalue weighted by Crippen LogP contribution is 2.30. The minimum Gasteiger partial charge on any atom is -0.261 e. The van der Waals surface area contributed by atoms with Crippen molar-refractivity contribution in [2.24, 2.45) is 0 Å². The second kappa shape index (κ2) is 6.86. The van der Waals surface area contributed by atoms with Crippen LogP contribution in [0.25, 0.3) is 0 Å². The fraction of sp³-hybridized carbons (Fsp3) is 0.267. The van der Waals surface area contributed by atoms with Crippen molar-refractivity contribution in [1.29, 1.82) is 0 Å². The fourth-order valence-corrected chi connectivity index (χ4v) is 3.32. The van der Waals surface area contributed by atoms with Crippen LogP contribution in [0.4, 0.5) is 17.6 Å². The lowest BCUT2D eigenvalue weighted by Gasteiger charge is -2.17. The molecule has 130 valence electrons. The van der Waals surface area contributed by atoms with Gasteiger partial charge < -0.3 is 0 Å². The summed E-state index contributed by atoms with van der Waals surface area (Å²) in [5, 5.41) is 0. The number of nitrogens with zero attached hydrogens (tertiary/aromatic N) is 2. The van der Waals surface area contributed by atoms with E-state index < -0.39 is 43.8 Å². The van der Waals surface area contributed by atoms with E-state index in [1.165, 1.54) is 6.20 Å². The number of aryl methyl sites for hydroxylation is 1. The van der Waals surface area contributed by atoms with Crippen LogP contribution in [0.1, 0.15) is 11.3 Å². The smallest absolute Gasteiger partial charge is 0.245 e. The molecule has 0 saturated heterocycles. The second-order valence-electron chi connectivity index (χ2n) is 5.17. The number of pyridine rings is 1. The monoisotopic (exact) mass is 362 g/mol. The first-order valence-corrected chi connectivity index (χ1v) is 8.29. The van der Waals surface area contributed by atoms with Crippen LogP contribution in [0.15, 0.2) is 29.3 Å². The van der Waals surface area contributed by atoms with Gasteiger partial charge in [0, 0.05) is 31.5 Å². The van der Waals surface area contributed by atoms with Crippen LogP contribution in [0.3, 0.4) is 0 Å². The Labute approximate surface area is 136 Å². The van der Waals surface area contributed by atoms with Gasteiger partial charge in [0.05, 0.1) is 0 Å². The Morgan fingerprint density at radius 1 is 0.958 bits per heavy atom. The predicted octanol–water partition coefficient (Wildman–Crippen LogP) is 2.67. The van der Waals surface area contributed by atoms with Gasteiger partial charge in [-0.15, -0.1) is 0 Å². The van der Waals surface area contributed by atoms with Gasteiger partial charge in [0.25, 0.3) is 0 Å². The number of rotatable bonds is 5. The van der Waals surface area contributed by atoms with Crippen LogP contribution in [-0.2, 0) is 22.9 Å². The molecular formula is C15H14F4N2O2S. The van der Waals surface area contributed by atoms with Gasteiger partial charge in [-0.05, 0) is 25.0 Å². The van der Waals surface area contributed by atoms with Crippen LogP contribution >= 0.6 is 0 Å². The molecule has 0 spiro atoms. The summed E-state index contributed by atoms with van der Waals surface area (Å²) in [5.41, 5.74) is -0.277. The average Bonchev–Trinajstić information content (AvgIpc) is 2.55. The van der Waals surface area contributed by atoms with Gasteiger partial charge in [0.15, 0.2) is 23.3 Å². The minimum absolute atomic E-state index is 0.0260. The molecule has 0 saturated carbocycles. The van der Waals surface area contributed by atoms with E-state index in [0.717, 1.165) is 14.1 Å². The highest BCUT2D eigenvalue weighted by Gasteiger charge is 2.33. The molecule has 0 fully saturated rings. The van der Waals surface area contributed by atoms with Crippen LogP contribution in [0.2, 0.25) is 0 Å². The largest absolute Gasteiger partial charge is 0.261 e. The molecule has 1 aromatic carbocycles. The standard InChI is InChI=1S/C15H14F4N2O2S/c1-21(2)24(22,23)15-10(7-6-9-5-3-4-8-20-9)11(16)12(17)13(18)14(15)19/h3-5,8H,6-7H2,1-2H3. The highest BCUT2D eigenvalue weighted by molar-refractivity contribution is 7.89. The maximum atomic E-state index is 14.1. The summed E-state index contributed by atoms with van der Waals surface area (Å²) in [4.78, 5) is 2.77. The van der Waals surface area contributed by atoms with Crippen molar-refractivity contribution < 1.29 is 26.0 Å². The van der Waals surface area contributed by atoms with E-state index in [2.05, 4.69) is 4.98 Å².